The van der Waals surface area contributed by atoms with Gasteiger partial charge in [0.25, 0.3) is 0 Å². The first-order valence-electron chi connectivity index (χ1n) is 8.97. The molecule has 4 atom stereocenters. The van der Waals surface area contributed by atoms with E-state index in [1.54, 1.807) is 12.1 Å². The van der Waals surface area contributed by atoms with Gasteiger partial charge in [-0.3, -0.25) is 4.79 Å². The summed E-state index contributed by atoms with van der Waals surface area (Å²) in [5.41, 5.74) is 7.90. The van der Waals surface area contributed by atoms with E-state index in [2.05, 4.69) is 11.9 Å². The molecule has 0 radical (unpaired) electrons. The number of hydrogen-bond acceptors (Lipinski definition) is 3. The third-order valence-electron chi connectivity index (χ3n) is 4.91. The molecule has 0 spiro atoms. The molecule has 25 heavy (non-hydrogen) atoms. The highest BCUT2D eigenvalue weighted by molar-refractivity contribution is 5.84. The number of halogens is 1. The van der Waals surface area contributed by atoms with Crippen LogP contribution in [0.4, 0.5) is 4.39 Å². The minimum absolute atomic E-state index is 0.109. The largest absolute Gasteiger partial charge is 0.376 e. The van der Waals surface area contributed by atoms with Gasteiger partial charge in [0.15, 0.2) is 0 Å². The maximum absolute atomic E-state index is 13.4. The highest BCUT2D eigenvalue weighted by Crippen LogP contribution is 2.38. The first kappa shape index (κ1) is 19.6. The van der Waals surface area contributed by atoms with Crippen molar-refractivity contribution in [1.29, 1.82) is 0 Å². The SMILES string of the molecule is C=C(CC)NC(=O)[C@@H](N)[C@@H](c1ccc(F)cc1)C1CC(C)OC(C)C1. The van der Waals surface area contributed by atoms with Crippen molar-refractivity contribution in [2.45, 2.75) is 64.2 Å². The van der Waals surface area contributed by atoms with Crippen molar-refractivity contribution in [2.24, 2.45) is 11.7 Å². The van der Waals surface area contributed by atoms with E-state index in [1.807, 2.05) is 20.8 Å². The second-order valence-corrected chi connectivity index (χ2v) is 7.04. The van der Waals surface area contributed by atoms with Gasteiger partial charge in [0.2, 0.25) is 5.91 Å². The Morgan fingerprint density at radius 3 is 2.40 bits per heavy atom. The predicted molar refractivity (Wildman–Crippen MR) is 97.4 cm³/mol. The van der Waals surface area contributed by atoms with Gasteiger partial charge < -0.3 is 15.8 Å². The number of nitrogens with two attached hydrogens (primary N) is 1. The van der Waals surface area contributed by atoms with Crippen LogP contribution in [0.3, 0.4) is 0 Å². The van der Waals surface area contributed by atoms with E-state index in [4.69, 9.17) is 10.5 Å². The van der Waals surface area contributed by atoms with Crippen molar-refractivity contribution < 1.29 is 13.9 Å². The topological polar surface area (TPSA) is 64.4 Å². The minimum Gasteiger partial charge on any atom is -0.376 e. The van der Waals surface area contributed by atoms with Crippen LogP contribution in [-0.2, 0) is 9.53 Å². The Kier molecular flexibility index (Phi) is 6.73. The van der Waals surface area contributed by atoms with Gasteiger partial charge in [-0.25, -0.2) is 4.39 Å². The number of carbonyl (C=O) groups is 1. The van der Waals surface area contributed by atoms with Crippen LogP contribution in [0.2, 0.25) is 0 Å². The molecule has 1 aromatic rings. The summed E-state index contributed by atoms with van der Waals surface area (Å²) in [6.07, 6.45) is 2.52. The van der Waals surface area contributed by atoms with Crippen LogP contribution >= 0.6 is 0 Å². The number of rotatable bonds is 6. The van der Waals surface area contributed by atoms with Crippen LogP contribution in [0.25, 0.3) is 0 Å². The van der Waals surface area contributed by atoms with Crippen molar-refractivity contribution >= 4 is 5.91 Å². The summed E-state index contributed by atoms with van der Waals surface area (Å²) in [6.45, 7) is 9.82. The van der Waals surface area contributed by atoms with Crippen LogP contribution in [0.5, 0.6) is 0 Å². The smallest absolute Gasteiger partial charge is 0.241 e. The molecular weight excluding hydrogens is 319 g/mol. The predicted octanol–water partition coefficient (Wildman–Crippen LogP) is 3.48. The lowest BCUT2D eigenvalue weighted by atomic mass is 9.74. The molecule has 1 saturated heterocycles. The molecule has 138 valence electrons. The van der Waals surface area contributed by atoms with Gasteiger partial charge in [-0.2, -0.15) is 0 Å². The van der Waals surface area contributed by atoms with Crippen molar-refractivity contribution in [3.05, 3.63) is 47.9 Å². The van der Waals surface area contributed by atoms with Crippen LogP contribution < -0.4 is 11.1 Å². The number of nitrogens with one attached hydrogen (secondary N) is 1. The first-order valence-corrected chi connectivity index (χ1v) is 8.97. The zero-order chi connectivity index (χ0) is 18.6. The van der Waals surface area contributed by atoms with E-state index in [1.165, 1.54) is 12.1 Å². The summed E-state index contributed by atoms with van der Waals surface area (Å²) >= 11 is 0. The van der Waals surface area contributed by atoms with Gasteiger partial charge in [0.05, 0.1) is 18.2 Å². The van der Waals surface area contributed by atoms with E-state index in [9.17, 15) is 9.18 Å². The maximum Gasteiger partial charge on any atom is 0.241 e. The lowest BCUT2D eigenvalue weighted by Crippen LogP contribution is -2.48. The average Bonchev–Trinajstić information content (AvgIpc) is 2.55. The van der Waals surface area contributed by atoms with Crippen molar-refractivity contribution in [1.82, 2.24) is 5.32 Å². The molecule has 1 heterocycles. The van der Waals surface area contributed by atoms with Crippen molar-refractivity contribution in [3.63, 3.8) is 0 Å². The van der Waals surface area contributed by atoms with Crippen molar-refractivity contribution in [3.8, 4) is 0 Å². The second-order valence-electron chi connectivity index (χ2n) is 7.04. The Hall–Kier alpha value is -1.72. The number of ether oxygens (including phenoxy) is 1. The Balaban J connectivity index is 2.29. The molecule has 1 aliphatic rings. The molecule has 0 aromatic heterocycles. The molecule has 4 nitrogen and oxygen atoms in total. The average molecular weight is 348 g/mol. The second kappa shape index (κ2) is 8.59. The number of allylic oxidation sites excluding steroid dienone is 1. The number of benzene rings is 1. The monoisotopic (exact) mass is 348 g/mol. The van der Waals surface area contributed by atoms with Gasteiger partial charge in [-0.15, -0.1) is 0 Å². The quantitative estimate of drug-likeness (QED) is 0.827. The minimum atomic E-state index is -0.726. The third kappa shape index (κ3) is 5.13. The molecule has 5 heteroatoms. The Labute approximate surface area is 149 Å². The Bertz CT molecular complexity index is 592. The summed E-state index contributed by atoms with van der Waals surface area (Å²) in [5.74, 6) is -0.541. The Morgan fingerprint density at radius 1 is 1.32 bits per heavy atom. The highest BCUT2D eigenvalue weighted by Gasteiger charge is 2.37. The molecule has 1 aromatic carbocycles. The standard InChI is InChI=1S/C20H29FN2O2/c1-5-12(2)23-20(24)19(22)18(15-6-8-17(21)9-7-15)16-10-13(3)25-14(4)11-16/h6-9,13-14,16,18-19H,2,5,10-11,22H2,1,3-4H3,(H,23,24)/t13?,14?,16?,18-,19-/m0/s1. The molecule has 1 fully saturated rings. The maximum atomic E-state index is 13.4. The fraction of sp³-hybridized carbons (Fsp3) is 0.550. The summed E-state index contributed by atoms with van der Waals surface area (Å²) in [4.78, 5) is 12.6. The van der Waals surface area contributed by atoms with Crippen LogP contribution in [0.15, 0.2) is 36.5 Å². The zero-order valence-corrected chi connectivity index (χ0v) is 15.3. The fourth-order valence-corrected chi connectivity index (χ4v) is 3.72. The molecule has 0 bridgehead atoms. The molecular formula is C20H29FN2O2. The van der Waals surface area contributed by atoms with Gasteiger partial charge in [0, 0.05) is 11.6 Å². The molecule has 3 N–H and O–H groups in total. The summed E-state index contributed by atoms with van der Waals surface area (Å²) in [7, 11) is 0. The van der Waals surface area contributed by atoms with E-state index in [0.717, 1.165) is 18.4 Å². The Morgan fingerprint density at radius 2 is 1.88 bits per heavy atom. The molecule has 1 amide bonds. The molecule has 1 aliphatic heterocycles. The third-order valence-corrected chi connectivity index (χ3v) is 4.91. The summed E-state index contributed by atoms with van der Waals surface area (Å²) in [5, 5.41) is 2.79. The van der Waals surface area contributed by atoms with Crippen molar-refractivity contribution in [2.75, 3.05) is 0 Å². The lowest BCUT2D eigenvalue weighted by molar-refractivity contribution is -0.123. The highest BCUT2D eigenvalue weighted by atomic mass is 19.1. The van der Waals surface area contributed by atoms with Crippen LogP contribution in [0, 0.1) is 11.7 Å². The molecule has 0 aliphatic carbocycles. The van der Waals surface area contributed by atoms with E-state index in [-0.39, 0.29) is 35.8 Å². The molecule has 2 rings (SSSR count). The first-order chi connectivity index (χ1) is 11.8. The van der Waals surface area contributed by atoms with Gasteiger partial charge in [-0.1, -0.05) is 25.6 Å². The fourth-order valence-electron chi connectivity index (χ4n) is 3.72. The number of amides is 1. The van der Waals surface area contributed by atoms with E-state index >= 15 is 0 Å². The lowest BCUT2D eigenvalue weighted by Gasteiger charge is -2.39. The summed E-state index contributed by atoms with van der Waals surface area (Å²) in [6, 6.07) is 5.57. The zero-order valence-electron chi connectivity index (χ0n) is 15.3. The molecule has 0 saturated carbocycles. The summed E-state index contributed by atoms with van der Waals surface area (Å²) < 4.78 is 19.2. The van der Waals surface area contributed by atoms with Gasteiger partial charge in [-0.05, 0) is 56.7 Å². The van der Waals surface area contributed by atoms with Gasteiger partial charge in [0.1, 0.15) is 5.82 Å². The van der Waals surface area contributed by atoms with Gasteiger partial charge >= 0.3 is 0 Å². The van der Waals surface area contributed by atoms with Crippen LogP contribution in [0.1, 0.15) is 51.5 Å². The number of hydrogen-bond donors (Lipinski definition) is 2. The van der Waals surface area contributed by atoms with E-state index < -0.39 is 6.04 Å². The number of carbonyl (C=O) groups excluding carboxylic acids is 1. The normalized spacial score (nSPS) is 25.9. The molecule has 2 unspecified atom stereocenters. The van der Waals surface area contributed by atoms with Crippen LogP contribution in [-0.4, -0.2) is 24.2 Å². The van der Waals surface area contributed by atoms with E-state index in [0.29, 0.717) is 12.1 Å².